The van der Waals surface area contributed by atoms with Crippen molar-refractivity contribution in [2.75, 3.05) is 18.0 Å². The first-order valence-corrected chi connectivity index (χ1v) is 6.78. The number of amides is 1. The van der Waals surface area contributed by atoms with E-state index in [4.69, 9.17) is 5.73 Å². The second-order valence-corrected chi connectivity index (χ2v) is 5.76. The molecule has 0 aliphatic carbocycles. The highest BCUT2D eigenvalue weighted by Crippen LogP contribution is 2.26. The lowest BCUT2D eigenvalue weighted by Gasteiger charge is -2.37. The molecule has 0 aromatic carbocycles. The third-order valence-electron chi connectivity index (χ3n) is 3.23. The Morgan fingerprint density at radius 2 is 2.35 bits per heavy atom. The highest BCUT2D eigenvalue weighted by molar-refractivity contribution is 8.00. The zero-order valence-electron chi connectivity index (χ0n) is 10.1. The molecule has 1 aromatic rings. The second kappa shape index (κ2) is 4.96. The van der Waals surface area contributed by atoms with E-state index in [1.807, 2.05) is 16.7 Å². The summed E-state index contributed by atoms with van der Waals surface area (Å²) in [5.74, 6) is 1.01. The molecule has 5 heteroatoms. The number of aromatic nitrogens is 1. The zero-order chi connectivity index (χ0) is 12.4. The van der Waals surface area contributed by atoms with Crippen LogP contribution < -0.4 is 5.73 Å². The first-order chi connectivity index (χ1) is 8.11. The topological polar surface area (TPSA) is 59.2 Å². The number of nitrogens with two attached hydrogens (primary N) is 1. The SMILES string of the molecule is CC1SCCN(C(=O)c2ccncc2N)C1C. The van der Waals surface area contributed by atoms with Gasteiger partial charge in [-0.15, -0.1) is 0 Å². The van der Waals surface area contributed by atoms with Gasteiger partial charge in [-0.2, -0.15) is 11.8 Å². The largest absolute Gasteiger partial charge is 0.397 e. The molecular formula is C12H17N3OS. The Morgan fingerprint density at radius 1 is 1.59 bits per heavy atom. The Bertz CT molecular complexity index is 424. The molecular weight excluding hydrogens is 234 g/mol. The normalized spacial score (nSPS) is 24.7. The lowest BCUT2D eigenvalue weighted by Crippen LogP contribution is -2.48. The molecule has 0 bridgehead atoms. The molecule has 1 saturated heterocycles. The smallest absolute Gasteiger partial charge is 0.256 e. The van der Waals surface area contributed by atoms with Crippen LogP contribution in [0.3, 0.4) is 0 Å². The maximum absolute atomic E-state index is 12.4. The summed E-state index contributed by atoms with van der Waals surface area (Å²) in [7, 11) is 0. The maximum Gasteiger partial charge on any atom is 0.256 e. The van der Waals surface area contributed by atoms with E-state index in [0.29, 0.717) is 16.5 Å². The molecule has 2 unspecified atom stereocenters. The standard InChI is InChI=1S/C12H17N3OS/c1-8-9(2)17-6-5-15(8)12(16)10-3-4-14-7-11(10)13/h3-4,7-9H,5-6,13H2,1-2H3. The van der Waals surface area contributed by atoms with Gasteiger partial charge in [0.05, 0.1) is 17.4 Å². The number of carbonyl (C=O) groups excluding carboxylic acids is 1. The number of pyridine rings is 1. The fourth-order valence-electron chi connectivity index (χ4n) is 1.98. The second-order valence-electron chi connectivity index (χ2n) is 4.28. The molecule has 4 nitrogen and oxygen atoms in total. The van der Waals surface area contributed by atoms with Gasteiger partial charge < -0.3 is 10.6 Å². The third kappa shape index (κ3) is 2.39. The van der Waals surface area contributed by atoms with Crippen molar-refractivity contribution in [3.63, 3.8) is 0 Å². The minimum atomic E-state index is 0.0181. The Morgan fingerprint density at radius 3 is 3.06 bits per heavy atom. The molecule has 92 valence electrons. The maximum atomic E-state index is 12.4. The number of rotatable bonds is 1. The quantitative estimate of drug-likeness (QED) is 0.824. The van der Waals surface area contributed by atoms with E-state index >= 15 is 0 Å². The Kier molecular flexibility index (Phi) is 3.57. The van der Waals surface area contributed by atoms with Crippen molar-refractivity contribution in [2.24, 2.45) is 0 Å². The van der Waals surface area contributed by atoms with Gasteiger partial charge in [-0.1, -0.05) is 6.92 Å². The third-order valence-corrected chi connectivity index (χ3v) is 4.57. The summed E-state index contributed by atoms with van der Waals surface area (Å²) in [5.41, 5.74) is 6.81. The summed E-state index contributed by atoms with van der Waals surface area (Å²) < 4.78 is 0. The molecule has 1 aliphatic rings. The number of carbonyl (C=O) groups is 1. The van der Waals surface area contributed by atoms with Gasteiger partial charge in [-0.25, -0.2) is 0 Å². The lowest BCUT2D eigenvalue weighted by molar-refractivity contribution is 0.0699. The molecule has 1 fully saturated rings. The zero-order valence-corrected chi connectivity index (χ0v) is 10.9. The average Bonchev–Trinajstić information content (AvgIpc) is 2.32. The number of hydrogen-bond donors (Lipinski definition) is 1. The van der Waals surface area contributed by atoms with Crippen molar-refractivity contribution in [2.45, 2.75) is 25.1 Å². The van der Waals surface area contributed by atoms with Gasteiger partial charge in [0, 0.05) is 29.8 Å². The van der Waals surface area contributed by atoms with E-state index in [-0.39, 0.29) is 11.9 Å². The van der Waals surface area contributed by atoms with Gasteiger partial charge in [-0.05, 0) is 13.0 Å². The minimum Gasteiger partial charge on any atom is -0.397 e. The number of nitrogens with zero attached hydrogens (tertiary/aromatic N) is 2. The Balaban J connectivity index is 2.23. The van der Waals surface area contributed by atoms with Gasteiger partial charge in [0.1, 0.15) is 0 Å². The predicted molar refractivity (Wildman–Crippen MR) is 71.1 cm³/mol. The Hall–Kier alpha value is -1.23. The number of hydrogen-bond acceptors (Lipinski definition) is 4. The summed E-state index contributed by atoms with van der Waals surface area (Å²) in [5, 5.41) is 0.468. The van der Waals surface area contributed by atoms with E-state index < -0.39 is 0 Å². The number of anilines is 1. The van der Waals surface area contributed by atoms with E-state index in [9.17, 15) is 4.79 Å². The van der Waals surface area contributed by atoms with Crippen molar-refractivity contribution in [1.29, 1.82) is 0 Å². The molecule has 0 saturated carbocycles. The van der Waals surface area contributed by atoms with Crippen molar-refractivity contribution in [1.82, 2.24) is 9.88 Å². The van der Waals surface area contributed by atoms with Crippen molar-refractivity contribution in [3.05, 3.63) is 24.0 Å². The van der Waals surface area contributed by atoms with Crippen LogP contribution in [-0.2, 0) is 0 Å². The van der Waals surface area contributed by atoms with Crippen LogP contribution in [0.2, 0.25) is 0 Å². The molecule has 0 spiro atoms. The first kappa shape index (κ1) is 12.2. The molecule has 0 radical (unpaired) electrons. The monoisotopic (exact) mass is 251 g/mol. The van der Waals surface area contributed by atoms with E-state index in [1.165, 1.54) is 6.20 Å². The van der Waals surface area contributed by atoms with Gasteiger partial charge in [0.2, 0.25) is 0 Å². The first-order valence-electron chi connectivity index (χ1n) is 5.73. The lowest BCUT2D eigenvalue weighted by atomic mass is 10.1. The van der Waals surface area contributed by atoms with Crippen LogP contribution in [0.1, 0.15) is 24.2 Å². The molecule has 2 rings (SSSR count). The van der Waals surface area contributed by atoms with E-state index in [1.54, 1.807) is 12.3 Å². The number of thioether (sulfide) groups is 1. The van der Waals surface area contributed by atoms with E-state index in [2.05, 4.69) is 18.8 Å². The van der Waals surface area contributed by atoms with Crippen molar-refractivity contribution < 1.29 is 4.79 Å². The van der Waals surface area contributed by atoms with Gasteiger partial charge >= 0.3 is 0 Å². The average molecular weight is 251 g/mol. The van der Waals surface area contributed by atoms with Gasteiger partial charge in [0.15, 0.2) is 0 Å². The van der Waals surface area contributed by atoms with Crippen molar-refractivity contribution in [3.8, 4) is 0 Å². The fraction of sp³-hybridized carbons (Fsp3) is 0.500. The fourth-order valence-corrected chi connectivity index (χ4v) is 3.08. The van der Waals surface area contributed by atoms with Crippen LogP contribution in [0.5, 0.6) is 0 Å². The van der Waals surface area contributed by atoms with Crippen LogP contribution in [0, 0.1) is 0 Å². The molecule has 1 aromatic heterocycles. The summed E-state index contributed by atoms with van der Waals surface area (Å²) in [4.78, 5) is 18.2. The molecule has 1 aliphatic heterocycles. The summed E-state index contributed by atoms with van der Waals surface area (Å²) in [6, 6.07) is 1.94. The van der Waals surface area contributed by atoms with Crippen LogP contribution in [0.4, 0.5) is 5.69 Å². The Labute approximate surface area is 106 Å². The number of nitrogen functional groups attached to an aromatic ring is 1. The van der Waals surface area contributed by atoms with E-state index in [0.717, 1.165) is 12.3 Å². The van der Waals surface area contributed by atoms with Crippen LogP contribution in [0.25, 0.3) is 0 Å². The molecule has 2 atom stereocenters. The van der Waals surface area contributed by atoms with Crippen LogP contribution in [0.15, 0.2) is 18.5 Å². The van der Waals surface area contributed by atoms with Crippen LogP contribution >= 0.6 is 11.8 Å². The molecule has 17 heavy (non-hydrogen) atoms. The summed E-state index contributed by atoms with van der Waals surface area (Å²) in [6.07, 6.45) is 3.14. The molecule has 2 N–H and O–H groups in total. The predicted octanol–water partition coefficient (Wildman–Crippen LogP) is 1.63. The minimum absolute atomic E-state index is 0.0181. The summed E-state index contributed by atoms with van der Waals surface area (Å²) >= 11 is 1.91. The van der Waals surface area contributed by atoms with Crippen LogP contribution in [-0.4, -0.2) is 39.4 Å². The van der Waals surface area contributed by atoms with Gasteiger partial charge in [-0.3, -0.25) is 9.78 Å². The highest BCUT2D eigenvalue weighted by atomic mass is 32.2. The van der Waals surface area contributed by atoms with Crippen molar-refractivity contribution >= 4 is 23.4 Å². The summed E-state index contributed by atoms with van der Waals surface area (Å²) in [6.45, 7) is 5.04. The molecule has 2 heterocycles. The van der Waals surface area contributed by atoms with Gasteiger partial charge in [0.25, 0.3) is 5.91 Å². The highest BCUT2D eigenvalue weighted by Gasteiger charge is 2.30. The molecule has 1 amide bonds.